The third-order valence-electron chi connectivity index (χ3n) is 2.85. The molecule has 96 valence electrons. The van der Waals surface area contributed by atoms with Crippen molar-refractivity contribution in [2.24, 2.45) is 0 Å². The van der Waals surface area contributed by atoms with Crippen molar-refractivity contribution in [1.82, 2.24) is 10.3 Å². The van der Waals surface area contributed by atoms with Gasteiger partial charge in [0, 0.05) is 29.1 Å². The lowest BCUT2D eigenvalue weighted by molar-refractivity contribution is 0.399. The Morgan fingerprint density at radius 3 is 2.89 bits per heavy atom. The Balaban J connectivity index is 2.23. The van der Waals surface area contributed by atoms with Gasteiger partial charge in [0.25, 0.3) is 0 Å². The first-order valence-corrected chi connectivity index (χ1v) is 6.96. The minimum Gasteiger partial charge on any atom is -0.496 e. The smallest absolute Gasteiger partial charge is 0.123 e. The number of thiazole rings is 1. The van der Waals surface area contributed by atoms with Gasteiger partial charge in [-0.2, -0.15) is 0 Å². The maximum absolute atomic E-state index is 5.44. The molecule has 0 amide bonds. The molecule has 0 fully saturated rings. The van der Waals surface area contributed by atoms with E-state index < -0.39 is 0 Å². The van der Waals surface area contributed by atoms with Crippen molar-refractivity contribution in [3.05, 3.63) is 46.4 Å². The molecule has 3 nitrogen and oxygen atoms in total. The minimum atomic E-state index is 0.270. The molecule has 1 unspecified atom stereocenters. The average Bonchev–Trinajstić information content (AvgIpc) is 2.91. The quantitative estimate of drug-likeness (QED) is 0.869. The van der Waals surface area contributed by atoms with Crippen molar-refractivity contribution in [3.63, 3.8) is 0 Å². The largest absolute Gasteiger partial charge is 0.496 e. The highest BCUT2D eigenvalue weighted by atomic mass is 32.1. The highest BCUT2D eigenvalue weighted by Gasteiger charge is 2.15. The Labute approximate surface area is 112 Å². The highest BCUT2D eigenvalue weighted by Crippen LogP contribution is 2.28. The summed E-state index contributed by atoms with van der Waals surface area (Å²) in [7, 11) is 1.72. The van der Waals surface area contributed by atoms with Crippen molar-refractivity contribution in [2.75, 3.05) is 13.7 Å². The summed E-state index contributed by atoms with van der Waals surface area (Å²) < 4.78 is 5.44. The van der Waals surface area contributed by atoms with Crippen LogP contribution < -0.4 is 10.1 Å². The van der Waals surface area contributed by atoms with E-state index >= 15 is 0 Å². The summed E-state index contributed by atoms with van der Waals surface area (Å²) in [6.45, 7) is 3.05. The maximum Gasteiger partial charge on any atom is 0.123 e. The Bertz CT molecular complexity index is 470. The highest BCUT2D eigenvalue weighted by molar-refractivity contribution is 7.09. The molecule has 1 heterocycles. The lowest BCUT2D eigenvalue weighted by Crippen LogP contribution is -2.23. The molecule has 18 heavy (non-hydrogen) atoms. The fourth-order valence-corrected chi connectivity index (χ4v) is 2.68. The molecule has 0 bridgehead atoms. The third-order valence-corrected chi connectivity index (χ3v) is 3.66. The lowest BCUT2D eigenvalue weighted by Gasteiger charge is -2.20. The van der Waals surface area contributed by atoms with Crippen LogP contribution in [0.4, 0.5) is 0 Å². The van der Waals surface area contributed by atoms with Gasteiger partial charge in [-0.25, -0.2) is 0 Å². The van der Waals surface area contributed by atoms with Crippen molar-refractivity contribution in [2.45, 2.75) is 19.4 Å². The van der Waals surface area contributed by atoms with Crippen LogP contribution in [0.3, 0.4) is 0 Å². The van der Waals surface area contributed by atoms with Gasteiger partial charge in [0.2, 0.25) is 0 Å². The number of nitrogens with one attached hydrogen (secondary N) is 1. The number of ether oxygens (including phenoxy) is 1. The van der Waals surface area contributed by atoms with Crippen LogP contribution in [0.1, 0.15) is 23.4 Å². The standard InChI is InChI=1S/C14H18N2OS/c1-3-16-13(8-11-9-15-10-18-11)12-6-4-5-7-14(12)17-2/h4-7,9-10,13,16H,3,8H2,1-2H3. The van der Waals surface area contributed by atoms with Crippen LogP contribution in [-0.2, 0) is 6.42 Å². The van der Waals surface area contributed by atoms with Gasteiger partial charge in [-0.15, -0.1) is 11.3 Å². The Hall–Kier alpha value is -1.39. The second-order valence-electron chi connectivity index (χ2n) is 4.02. The molecule has 0 aliphatic heterocycles. The number of aromatic nitrogens is 1. The van der Waals surface area contributed by atoms with Crippen molar-refractivity contribution < 1.29 is 4.74 Å². The van der Waals surface area contributed by atoms with Gasteiger partial charge in [0.05, 0.1) is 12.6 Å². The first-order chi connectivity index (χ1) is 8.85. The molecular weight excluding hydrogens is 244 g/mol. The summed E-state index contributed by atoms with van der Waals surface area (Å²) in [5.74, 6) is 0.938. The van der Waals surface area contributed by atoms with Gasteiger partial charge in [0.1, 0.15) is 5.75 Å². The topological polar surface area (TPSA) is 34.2 Å². The van der Waals surface area contributed by atoms with E-state index in [1.165, 1.54) is 10.4 Å². The molecule has 0 aliphatic carbocycles. The summed E-state index contributed by atoms with van der Waals surface area (Å²) in [6, 6.07) is 8.44. The third kappa shape index (κ3) is 3.09. The molecular formula is C14H18N2OS. The number of methoxy groups -OCH3 is 1. The Morgan fingerprint density at radius 2 is 2.22 bits per heavy atom. The van der Waals surface area contributed by atoms with Gasteiger partial charge in [-0.05, 0) is 12.6 Å². The van der Waals surface area contributed by atoms with E-state index in [-0.39, 0.29) is 6.04 Å². The first kappa shape index (κ1) is 13.1. The molecule has 1 atom stereocenters. The summed E-state index contributed by atoms with van der Waals surface area (Å²) in [5.41, 5.74) is 3.08. The molecule has 2 rings (SSSR count). The van der Waals surface area contributed by atoms with E-state index in [2.05, 4.69) is 29.4 Å². The fraction of sp³-hybridized carbons (Fsp3) is 0.357. The van der Waals surface area contributed by atoms with Crippen LogP contribution in [0.5, 0.6) is 5.75 Å². The molecule has 1 aromatic carbocycles. The second-order valence-corrected chi connectivity index (χ2v) is 4.99. The minimum absolute atomic E-state index is 0.270. The van der Waals surface area contributed by atoms with E-state index in [0.29, 0.717) is 0 Å². The van der Waals surface area contributed by atoms with Crippen molar-refractivity contribution in [1.29, 1.82) is 0 Å². The van der Waals surface area contributed by atoms with Crippen LogP contribution in [0.25, 0.3) is 0 Å². The predicted molar refractivity (Wildman–Crippen MR) is 75.2 cm³/mol. The molecule has 2 aromatic rings. The van der Waals surface area contributed by atoms with Gasteiger partial charge in [-0.3, -0.25) is 4.98 Å². The summed E-state index contributed by atoms with van der Waals surface area (Å²) in [4.78, 5) is 5.42. The van der Waals surface area contributed by atoms with Gasteiger partial charge < -0.3 is 10.1 Å². The second kappa shape index (κ2) is 6.52. The number of hydrogen-bond donors (Lipinski definition) is 1. The molecule has 0 spiro atoms. The van der Waals surface area contributed by atoms with E-state index in [0.717, 1.165) is 18.7 Å². The zero-order valence-electron chi connectivity index (χ0n) is 10.7. The van der Waals surface area contributed by atoms with Crippen LogP contribution in [0, 0.1) is 0 Å². The number of hydrogen-bond acceptors (Lipinski definition) is 4. The molecule has 0 saturated carbocycles. The SMILES string of the molecule is CCNC(Cc1cncs1)c1ccccc1OC. The maximum atomic E-state index is 5.44. The Morgan fingerprint density at radius 1 is 1.39 bits per heavy atom. The van der Waals surface area contributed by atoms with Crippen molar-refractivity contribution in [3.8, 4) is 5.75 Å². The molecule has 0 aliphatic rings. The number of benzene rings is 1. The molecule has 4 heteroatoms. The monoisotopic (exact) mass is 262 g/mol. The zero-order valence-corrected chi connectivity index (χ0v) is 11.5. The summed E-state index contributed by atoms with van der Waals surface area (Å²) in [5, 5.41) is 3.51. The summed E-state index contributed by atoms with van der Waals surface area (Å²) in [6.07, 6.45) is 2.88. The average molecular weight is 262 g/mol. The van der Waals surface area contributed by atoms with E-state index in [1.54, 1.807) is 18.4 Å². The fourth-order valence-electron chi connectivity index (χ4n) is 2.04. The first-order valence-electron chi connectivity index (χ1n) is 6.08. The number of rotatable bonds is 6. The van der Waals surface area contributed by atoms with Crippen LogP contribution >= 0.6 is 11.3 Å². The zero-order chi connectivity index (χ0) is 12.8. The number of likely N-dealkylation sites (N-methyl/N-ethyl adjacent to an activating group) is 1. The van der Waals surface area contributed by atoms with Crippen molar-refractivity contribution >= 4 is 11.3 Å². The van der Waals surface area contributed by atoms with Crippen LogP contribution in [0.2, 0.25) is 0 Å². The van der Waals surface area contributed by atoms with E-state index in [1.807, 2.05) is 23.8 Å². The van der Waals surface area contributed by atoms with Gasteiger partial charge >= 0.3 is 0 Å². The molecule has 0 radical (unpaired) electrons. The Kier molecular flexibility index (Phi) is 4.73. The van der Waals surface area contributed by atoms with E-state index in [4.69, 9.17) is 4.74 Å². The van der Waals surface area contributed by atoms with Crippen LogP contribution in [0.15, 0.2) is 36.0 Å². The predicted octanol–water partition coefficient (Wildman–Crippen LogP) is 3.05. The number of nitrogens with zero attached hydrogens (tertiary/aromatic N) is 1. The van der Waals surface area contributed by atoms with Gasteiger partial charge in [0.15, 0.2) is 0 Å². The van der Waals surface area contributed by atoms with E-state index in [9.17, 15) is 0 Å². The van der Waals surface area contributed by atoms with Crippen LogP contribution in [-0.4, -0.2) is 18.6 Å². The summed E-state index contributed by atoms with van der Waals surface area (Å²) >= 11 is 1.69. The molecule has 1 aromatic heterocycles. The molecule has 0 saturated heterocycles. The molecule has 1 N–H and O–H groups in total. The number of para-hydroxylation sites is 1. The lowest BCUT2D eigenvalue weighted by atomic mass is 10.0. The normalized spacial score (nSPS) is 12.3. The van der Waals surface area contributed by atoms with Gasteiger partial charge in [-0.1, -0.05) is 25.1 Å².